The van der Waals surface area contributed by atoms with Gasteiger partial charge in [-0.15, -0.1) is 0 Å². The lowest BCUT2D eigenvalue weighted by Gasteiger charge is -2.21. The molecule has 0 aromatic carbocycles. The fourth-order valence-electron chi connectivity index (χ4n) is 0.907. The van der Waals surface area contributed by atoms with Crippen molar-refractivity contribution in [3.63, 3.8) is 0 Å². The van der Waals surface area contributed by atoms with E-state index in [0.29, 0.717) is 6.42 Å². The van der Waals surface area contributed by atoms with Gasteiger partial charge in [-0.2, -0.15) is 0 Å². The van der Waals surface area contributed by atoms with Crippen LogP contribution in [0.1, 0.15) is 20.3 Å². The first-order chi connectivity index (χ1) is 4.61. The second kappa shape index (κ2) is 2.40. The third-order valence-electron chi connectivity index (χ3n) is 1.66. The molecular formula is C7H10O3. The summed E-state index contributed by atoms with van der Waals surface area (Å²) in [5, 5.41) is 0. The zero-order valence-corrected chi connectivity index (χ0v) is 6.09. The summed E-state index contributed by atoms with van der Waals surface area (Å²) in [6, 6.07) is 0. The smallest absolute Gasteiger partial charge is 0.309 e. The second-order valence-electron chi connectivity index (χ2n) is 2.65. The fourth-order valence-corrected chi connectivity index (χ4v) is 0.907. The first kappa shape index (κ1) is 7.25. The molecule has 0 saturated carbocycles. The molecule has 2 atom stereocenters. The SMILES string of the molecule is C[C@@H]1CC(=O)[C@H](C)OC1=O. The van der Waals surface area contributed by atoms with Gasteiger partial charge in [0.25, 0.3) is 0 Å². The van der Waals surface area contributed by atoms with Crippen molar-refractivity contribution in [3.05, 3.63) is 0 Å². The van der Waals surface area contributed by atoms with E-state index in [1.807, 2.05) is 0 Å². The summed E-state index contributed by atoms with van der Waals surface area (Å²) in [7, 11) is 0. The van der Waals surface area contributed by atoms with Gasteiger partial charge in [0.15, 0.2) is 11.9 Å². The Morgan fingerprint density at radius 1 is 1.40 bits per heavy atom. The molecule has 0 spiro atoms. The van der Waals surface area contributed by atoms with Crippen LogP contribution in [0, 0.1) is 5.92 Å². The number of esters is 1. The Bertz CT molecular complexity index is 154. The number of cyclic esters (lactones) is 1. The van der Waals surface area contributed by atoms with Crippen molar-refractivity contribution in [2.24, 2.45) is 5.92 Å². The first-order valence-corrected chi connectivity index (χ1v) is 3.34. The minimum atomic E-state index is -0.524. The van der Waals surface area contributed by atoms with Gasteiger partial charge in [0.05, 0.1) is 5.92 Å². The molecule has 1 aliphatic rings. The monoisotopic (exact) mass is 142 g/mol. The molecule has 1 aliphatic heterocycles. The highest BCUT2D eigenvalue weighted by Crippen LogP contribution is 2.15. The van der Waals surface area contributed by atoms with Gasteiger partial charge >= 0.3 is 5.97 Å². The van der Waals surface area contributed by atoms with Crippen LogP contribution in [0.15, 0.2) is 0 Å². The summed E-state index contributed by atoms with van der Waals surface area (Å²) in [4.78, 5) is 21.6. The van der Waals surface area contributed by atoms with E-state index in [4.69, 9.17) is 4.74 Å². The average Bonchev–Trinajstić information content (AvgIpc) is 1.84. The molecule has 0 aromatic heterocycles. The zero-order valence-electron chi connectivity index (χ0n) is 6.09. The van der Waals surface area contributed by atoms with E-state index in [1.54, 1.807) is 13.8 Å². The minimum Gasteiger partial charge on any atom is -0.454 e. The molecule has 3 heteroatoms. The zero-order chi connectivity index (χ0) is 7.72. The van der Waals surface area contributed by atoms with E-state index >= 15 is 0 Å². The molecule has 56 valence electrons. The van der Waals surface area contributed by atoms with E-state index < -0.39 is 6.10 Å². The Balaban J connectivity index is 2.63. The Morgan fingerprint density at radius 2 is 2.00 bits per heavy atom. The highest BCUT2D eigenvalue weighted by Gasteiger charge is 2.30. The number of hydrogen-bond donors (Lipinski definition) is 0. The van der Waals surface area contributed by atoms with E-state index in [2.05, 4.69) is 0 Å². The molecule has 1 saturated heterocycles. The van der Waals surface area contributed by atoms with Crippen molar-refractivity contribution in [1.29, 1.82) is 0 Å². The van der Waals surface area contributed by atoms with Crippen LogP contribution in [0.5, 0.6) is 0 Å². The van der Waals surface area contributed by atoms with E-state index in [-0.39, 0.29) is 17.7 Å². The standard InChI is InChI=1S/C7H10O3/c1-4-3-6(8)5(2)10-7(4)9/h4-5H,3H2,1-2H3/t4-,5+/m1/s1. The van der Waals surface area contributed by atoms with Gasteiger partial charge in [0, 0.05) is 6.42 Å². The lowest BCUT2D eigenvalue weighted by Crippen LogP contribution is -2.35. The number of ketones is 1. The summed E-state index contributed by atoms with van der Waals surface area (Å²) < 4.78 is 4.72. The highest BCUT2D eigenvalue weighted by molar-refractivity contribution is 5.92. The number of carbonyl (C=O) groups excluding carboxylic acids is 2. The second-order valence-corrected chi connectivity index (χ2v) is 2.65. The summed E-state index contributed by atoms with van der Waals surface area (Å²) in [5.74, 6) is -0.483. The summed E-state index contributed by atoms with van der Waals surface area (Å²) in [6.07, 6.45) is -0.191. The Hall–Kier alpha value is -0.860. The maximum atomic E-state index is 10.9. The van der Waals surface area contributed by atoms with Crippen LogP contribution in [0.4, 0.5) is 0 Å². The van der Waals surface area contributed by atoms with Gasteiger partial charge in [0.2, 0.25) is 0 Å². The van der Waals surface area contributed by atoms with Gasteiger partial charge in [-0.3, -0.25) is 9.59 Å². The van der Waals surface area contributed by atoms with Gasteiger partial charge in [0.1, 0.15) is 0 Å². The van der Waals surface area contributed by atoms with Crippen LogP contribution in [0.25, 0.3) is 0 Å². The van der Waals surface area contributed by atoms with Crippen molar-refractivity contribution in [3.8, 4) is 0 Å². The number of Topliss-reactive ketones (excluding diaryl/α,β-unsaturated/α-hetero) is 1. The van der Waals surface area contributed by atoms with Crippen molar-refractivity contribution in [2.45, 2.75) is 26.4 Å². The predicted molar refractivity (Wildman–Crippen MR) is 34.3 cm³/mol. The number of hydrogen-bond acceptors (Lipinski definition) is 3. The van der Waals surface area contributed by atoms with Crippen molar-refractivity contribution in [2.75, 3.05) is 0 Å². The van der Waals surface area contributed by atoms with E-state index in [9.17, 15) is 9.59 Å². The molecule has 0 unspecified atom stereocenters. The Kier molecular flexibility index (Phi) is 1.74. The third kappa shape index (κ3) is 1.17. The molecule has 0 N–H and O–H groups in total. The largest absolute Gasteiger partial charge is 0.454 e. The lowest BCUT2D eigenvalue weighted by atomic mass is 9.99. The Morgan fingerprint density at radius 3 is 2.50 bits per heavy atom. The van der Waals surface area contributed by atoms with Crippen LogP contribution < -0.4 is 0 Å². The van der Waals surface area contributed by atoms with Crippen molar-refractivity contribution < 1.29 is 14.3 Å². The molecule has 3 nitrogen and oxygen atoms in total. The molecule has 1 fully saturated rings. The molecule has 1 heterocycles. The molecule has 1 rings (SSSR count). The maximum absolute atomic E-state index is 10.9. The van der Waals surface area contributed by atoms with Crippen LogP contribution in [-0.4, -0.2) is 17.9 Å². The lowest BCUT2D eigenvalue weighted by molar-refractivity contribution is -0.164. The van der Waals surface area contributed by atoms with Crippen LogP contribution in [0.3, 0.4) is 0 Å². The number of rotatable bonds is 0. The highest BCUT2D eigenvalue weighted by atomic mass is 16.5. The molecule has 0 bridgehead atoms. The average molecular weight is 142 g/mol. The first-order valence-electron chi connectivity index (χ1n) is 3.34. The fraction of sp³-hybridized carbons (Fsp3) is 0.714. The molecule has 0 aliphatic carbocycles. The van der Waals surface area contributed by atoms with E-state index in [0.717, 1.165) is 0 Å². The van der Waals surface area contributed by atoms with Gasteiger partial charge in [-0.05, 0) is 6.92 Å². The minimum absolute atomic E-state index is 0.0205. The van der Waals surface area contributed by atoms with Crippen LogP contribution >= 0.6 is 0 Å². The quantitative estimate of drug-likeness (QED) is 0.463. The number of ether oxygens (including phenoxy) is 1. The van der Waals surface area contributed by atoms with Gasteiger partial charge < -0.3 is 4.74 Å². The topological polar surface area (TPSA) is 43.4 Å². The molecular weight excluding hydrogens is 132 g/mol. The number of carbonyl (C=O) groups is 2. The molecule has 0 radical (unpaired) electrons. The Labute approximate surface area is 59.4 Å². The maximum Gasteiger partial charge on any atom is 0.309 e. The molecule has 10 heavy (non-hydrogen) atoms. The predicted octanol–water partition coefficient (Wildman–Crippen LogP) is 0.527. The molecule has 0 amide bonds. The van der Waals surface area contributed by atoms with Crippen LogP contribution in [0.2, 0.25) is 0 Å². The van der Waals surface area contributed by atoms with Crippen molar-refractivity contribution in [1.82, 2.24) is 0 Å². The summed E-state index contributed by atoms with van der Waals surface area (Å²) >= 11 is 0. The van der Waals surface area contributed by atoms with E-state index in [1.165, 1.54) is 0 Å². The van der Waals surface area contributed by atoms with Crippen molar-refractivity contribution >= 4 is 11.8 Å². The third-order valence-corrected chi connectivity index (χ3v) is 1.66. The molecule has 0 aromatic rings. The normalized spacial score (nSPS) is 33.8. The van der Waals surface area contributed by atoms with Gasteiger partial charge in [-0.1, -0.05) is 6.92 Å². The summed E-state index contributed by atoms with van der Waals surface area (Å²) in [6.45, 7) is 3.30. The van der Waals surface area contributed by atoms with Gasteiger partial charge in [-0.25, -0.2) is 0 Å². The van der Waals surface area contributed by atoms with Crippen LogP contribution in [-0.2, 0) is 14.3 Å². The summed E-state index contributed by atoms with van der Waals surface area (Å²) in [5.41, 5.74) is 0.